The normalized spacial score (nSPS) is 20.2. The van der Waals surface area contributed by atoms with Crippen molar-refractivity contribution in [2.24, 2.45) is 5.92 Å². The zero-order valence-corrected chi connectivity index (χ0v) is 15.9. The Morgan fingerprint density at radius 3 is 2.69 bits per heavy atom. The molecule has 0 bridgehead atoms. The molecule has 140 valence electrons. The minimum Gasteiger partial charge on any atom is -0.497 e. The van der Waals surface area contributed by atoms with E-state index in [4.69, 9.17) is 14.5 Å². The van der Waals surface area contributed by atoms with Crippen LogP contribution in [0.25, 0.3) is 0 Å². The van der Waals surface area contributed by atoms with E-state index in [0.29, 0.717) is 5.92 Å². The molecule has 5 heteroatoms. The van der Waals surface area contributed by atoms with Gasteiger partial charge in [-0.3, -0.25) is 4.90 Å². The van der Waals surface area contributed by atoms with Crippen LogP contribution < -0.4 is 4.74 Å². The van der Waals surface area contributed by atoms with Gasteiger partial charge in [-0.25, -0.2) is 4.98 Å². The van der Waals surface area contributed by atoms with E-state index in [0.717, 1.165) is 51.1 Å². The van der Waals surface area contributed by atoms with Crippen molar-refractivity contribution in [2.45, 2.75) is 45.3 Å². The highest BCUT2D eigenvalue weighted by molar-refractivity contribution is 5.28. The molecule has 0 amide bonds. The number of imidazole rings is 1. The lowest BCUT2D eigenvalue weighted by molar-refractivity contribution is 0.102. The minimum absolute atomic E-state index is 0.401. The lowest BCUT2D eigenvalue weighted by Crippen LogP contribution is -2.36. The van der Waals surface area contributed by atoms with E-state index in [9.17, 15) is 0 Å². The second-order valence-electron chi connectivity index (χ2n) is 7.55. The number of fused-ring (bicyclic) bond motifs is 1. The van der Waals surface area contributed by atoms with Crippen molar-refractivity contribution in [1.82, 2.24) is 14.5 Å². The van der Waals surface area contributed by atoms with E-state index in [1.165, 1.54) is 29.8 Å². The molecular formula is C21H29N3O2. The fourth-order valence-electron chi connectivity index (χ4n) is 3.93. The first-order chi connectivity index (χ1) is 12.8. The van der Waals surface area contributed by atoms with Crippen LogP contribution in [0.2, 0.25) is 0 Å². The van der Waals surface area contributed by atoms with Gasteiger partial charge in [0.15, 0.2) is 0 Å². The summed E-state index contributed by atoms with van der Waals surface area (Å²) in [6.07, 6.45) is 4.79. The standard InChI is InChI=1S/C21H29N3O2/c1-3-26-14-18-12-23(10-16-6-8-19(25-2)9-7-16)13-20-21(18)24(15-22-20)11-17-4-5-17/h6-9,15,17-18H,3-5,10-14H2,1-2H3/t18-/m1/s1. The molecule has 26 heavy (non-hydrogen) atoms. The van der Waals surface area contributed by atoms with Gasteiger partial charge in [0.05, 0.1) is 25.7 Å². The summed E-state index contributed by atoms with van der Waals surface area (Å²) in [6.45, 7) is 7.61. The van der Waals surface area contributed by atoms with Gasteiger partial charge in [-0.05, 0) is 43.4 Å². The molecule has 0 saturated heterocycles. The van der Waals surface area contributed by atoms with Crippen molar-refractivity contribution in [1.29, 1.82) is 0 Å². The van der Waals surface area contributed by atoms with Gasteiger partial charge in [0.2, 0.25) is 0 Å². The fourth-order valence-corrected chi connectivity index (χ4v) is 3.93. The molecule has 0 unspecified atom stereocenters. The zero-order valence-electron chi connectivity index (χ0n) is 15.9. The van der Waals surface area contributed by atoms with Crippen LogP contribution in [0.5, 0.6) is 5.75 Å². The number of hydrogen-bond acceptors (Lipinski definition) is 4. The first kappa shape index (κ1) is 17.6. The topological polar surface area (TPSA) is 39.5 Å². The van der Waals surface area contributed by atoms with E-state index < -0.39 is 0 Å². The molecule has 4 rings (SSSR count). The molecule has 1 aliphatic carbocycles. The lowest BCUT2D eigenvalue weighted by atomic mass is 9.98. The molecule has 0 spiro atoms. The Bertz CT molecular complexity index is 721. The molecule has 2 aromatic rings. The van der Waals surface area contributed by atoms with Crippen LogP contribution in [0.1, 0.15) is 42.6 Å². The first-order valence-electron chi connectivity index (χ1n) is 9.73. The van der Waals surface area contributed by atoms with Crippen LogP contribution in [-0.4, -0.2) is 41.3 Å². The number of hydrogen-bond donors (Lipinski definition) is 0. The maximum absolute atomic E-state index is 5.82. The largest absolute Gasteiger partial charge is 0.497 e. The van der Waals surface area contributed by atoms with E-state index in [2.05, 4.69) is 34.9 Å². The van der Waals surface area contributed by atoms with Crippen LogP contribution >= 0.6 is 0 Å². The highest BCUT2D eigenvalue weighted by Gasteiger charge is 2.31. The number of aromatic nitrogens is 2. The number of methoxy groups -OCH3 is 1. The highest BCUT2D eigenvalue weighted by Crippen LogP contribution is 2.34. The number of ether oxygens (including phenoxy) is 2. The smallest absolute Gasteiger partial charge is 0.118 e. The molecule has 2 heterocycles. The second-order valence-corrected chi connectivity index (χ2v) is 7.55. The molecule has 1 fully saturated rings. The Hall–Kier alpha value is -1.85. The number of rotatable bonds is 8. The zero-order chi connectivity index (χ0) is 17.9. The maximum atomic E-state index is 5.82. The van der Waals surface area contributed by atoms with E-state index in [-0.39, 0.29) is 0 Å². The summed E-state index contributed by atoms with van der Waals surface area (Å²) >= 11 is 0. The summed E-state index contributed by atoms with van der Waals surface area (Å²) in [5.74, 6) is 2.17. The molecular weight excluding hydrogens is 326 g/mol. The Morgan fingerprint density at radius 2 is 2.00 bits per heavy atom. The minimum atomic E-state index is 0.401. The van der Waals surface area contributed by atoms with Gasteiger partial charge < -0.3 is 14.0 Å². The van der Waals surface area contributed by atoms with Crippen LogP contribution in [0.4, 0.5) is 0 Å². The Morgan fingerprint density at radius 1 is 1.19 bits per heavy atom. The molecule has 1 aromatic carbocycles. The predicted molar refractivity (Wildman–Crippen MR) is 101 cm³/mol. The number of nitrogens with zero attached hydrogens (tertiary/aromatic N) is 3. The van der Waals surface area contributed by atoms with E-state index in [1.807, 2.05) is 12.1 Å². The number of benzene rings is 1. The molecule has 0 N–H and O–H groups in total. The van der Waals surface area contributed by atoms with Crippen molar-refractivity contribution in [2.75, 3.05) is 26.9 Å². The van der Waals surface area contributed by atoms with Crippen molar-refractivity contribution in [3.05, 3.63) is 47.5 Å². The summed E-state index contributed by atoms with van der Waals surface area (Å²) < 4.78 is 13.5. The van der Waals surface area contributed by atoms with Gasteiger partial charge in [0.1, 0.15) is 5.75 Å². The predicted octanol–water partition coefficient (Wildman–Crippen LogP) is 3.44. The van der Waals surface area contributed by atoms with E-state index >= 15 is 0 Å². The van der Waals surface area contributed by atoms with Crippen molar-refractivity contribution in [3.63, 3.8) is 0 Å². The monoisotopic (exact) mass is 355 g/mol. The molecule has 0 radical (unpaired) electrons. The Labute approximate surface area is 155 Å². The average molecular weight is 355 g/mol. The van der Waals surface area contributed by atoms with Gasteiger partial charge in [-0.1, -0.05) is 12.1 Å². The van der Waals surface area contributed by atoms with Crippen LogP contribution in [0.15, 0.2) is 30.6 Å². The van der Waals surface area contributed by atoms with Gasteiger partial charge in [-0.2, -0.15) is 0 Å². The van der Waals surface area contributed by atoms with Gasteiger partial charge in [0.25, 0.3) is 0 Å². The first-order valence-corrected chi connectivity index (χ1v) is 9.73. The summed E-state index contributed by atoms with van der Waals surface area (Å²) in [5, 5.41) is 0. The van der Waals surface area contributed by atoms with Crippen molar-refractivity contribution < 1.29 is 9.47 Å². The molecule has 1 aliphatic heterocycles. The highest BCUT2D eigenvalue weighted by atomic mass is 16.5. The summed E-state index contributed by atoms with van der Waals surface area (Å²) in [4.78, 5) is 7.25. The van der Waals surface area contributed by atoms with Gasteiger partial charge >= 0.3 is 0 Å². The SMILES string of the molecule is CCOC[C@H]1CN(Cc2ccc(OC)cc2)Cc2ncn(CC3CC3)c21. The van der Waals surface area contributed by atoms with Gasteiger partial charge in [0, 0.05) is 44.4 Å². The van der Waals surface area contributed by atoms with E-state index in [1.54, 1.807) is 7.11 Å². The quantitative estimate of drug-likeness (QED) is 0.727. The maximum Gasteiger partial charge on any atom is 0.118 e. The third-order valence-electron chi connectivity index (χ3n) is 5.44. The van der Waals surface area contributed by atoms with Crippen molar-refractivity contribution in [3.8, 4) is 5.75 Å². The average Bonchev–Trinajstić information content (AvgIpc) is 3.39. The molecule has 1 aromatic heterocycles. The third kappa shape index (κ3) is 3.94. The summed E-state index contributed by atoms with van der Waals surface area (Å²) in [6, 6.07) is 8.37. The molecule has 1 saturated carbocycles. The second kappa shape index (κ2) is 7.80. The Balaban J connectivity index is 1.50. The van der Waals surface area contributed by atoms with Crippen LogP contribution in [0.3, 0.4) is 0 Å². The van der Waals surface area contributed by atoms with Crippen molar-refractivity contribution >= 4 is 0 Å². The molecule has 5 nitrogen and oxygen atoms in total. The fraction of sp³-hybridized carbons (Fsp3) is 0.571. The van der Waals surface area contributed by atoms with Gasteiger partial charge in [-0.15, -0.1) is 0 Å². The lowest BCUT2D eigenvalue weighted by Gasteiger charge is -2.33. The van der Waals surface area contributed by atoms with Crippen LogP contribution in [-0.2, 0) is 24.4 Å². The summed E-state index contributed by atoms with van der Waals surface area (Å²) in [7, 11) is 1.71. The Kier molecular flexibility index (Phi) is 5.27. The summed E-state index contributed by atoms with van der Waals surface area (Å²) in [5.41, 5.74) is 3.95. The molecule has 2 aliphatic rings. The third-order valence-corrected chi connectivity index (χ3v) is 5.44. The van der Waals surface area contributed by atoms with Crippen LogP contribution in [0, 0.1) is 5.92 Å². The molecule has 1 atom stereocenters.